The summed E-state index contributed by atoms with van der Waals surface area (Å²) in [4.78, 5) is 21.9. The molecule has 0 aromatic heterocycles. The first-order valence-corrected chi connectivity index (χ1v) is 5.33. The van der Waals surface area contributed by atoms with Gasteiger partial charge < -0.3 is 10.4 Å². The Morgan fingerprint density at radius 2 is 1.93 bits per heavy atom. The molecule has 4 nitrogen and oxygen atoms in total. The lowest BCUT2D eigenvalue weighted by molar-refractivity contribution is -0.132. The normalized spacial score (nSPS) is 11.2. The molecule has 0 spiro atoms. The minimum absolute atomic E-state index is 0.268. The van der Waals surface area contributed by atoms with Gasteiger partial charge in [0.1, 0.15) is 0 Å². The van der Waals surface area contributed by atoms with Crippen LogP contribution >= 0.6 is 0 Å². The molecule has 0 aliphatic carbocycles. The molecule has 0 atom stereocenters. The van der Waals surface area contributed by atoms with Crippen LogP contribution < -0.4 is 5.32 Å². The van der Waals surface area contributed by atoms with Gasteiger partial charge >= 0.3 is 5.97 Å². The zero-order chi connectivity index (χ0) is 11.7. The van der Waals surface area contributed by atoms with Crippen LogP contribution in [0.4, 0.5) is 0 Å². The van der Waals surface area contributed by atoms with E-state index in [1.165, 1.54) is 0 Å². The maximum Gasteiger partial charge on any atom is 0.328 e. The van der Waals surface area contributed by atoms with Crippen molar-refractivity contribution in [3.63, 3.8) is 0 Å². The van der Waals surface area contributed by atoms with E-state index in [0.29, 0.717) is 18.5 Å². The Morgan fingerprint density at radius 1 is 1.27 bits per heavy atom. The standard InChI is InChI=1S/C11H19NO3/c1-3-5-6-7-9(8-10(13)14)11(15)12-4-2/h8H,3-7H2,1-2H3,(H,12,15)(H,13,14)/b9-8+. The first-order chi connectivity index (χ1) is 7.11. The van der Waals surface area contributed by atoms with Gasteiger partial charge in [0.15, 0.2) is 0 Å². The lowest BCUT2D eigenvalue weighted by Crippen LogP contribution is -2.25. The molecule has 0 bridgehead atoms. The van der Waals surface area contributed by atoms with Crippen LogP contribution in [-0.4, -0.2) is 23.5 Å². The smallest absolute Gasteiger partial charge is 0.328 e. The zero-order valence-corrected chi connectivity index (χ0v) is 9.38. The van der Waals surface area contributed by atoms with E-state index in [2.05, 4.69) is 12.2 Å². The highest BCUT2D eigenvalue weighted by molar-refractivity contribution is 5.98. The van der Waals surface area contributed by atoms with Crippen molar-refractivity contribution in [3.05, 3.63) is 11.6 Å². The fourth-order valence-electron chi connectivity index (χ4n) is 1.24. The summed E-state index contributed by atoms with van der Waals surface area (Å²) in [5, 5.41) is 11.2. The molecule has 0 rings (SSSR count). The summed E-state index contributed by atoms with van der Waals surface area (Å²) in [5.41, 5.74) is 0.359. The van der Waals surface area contributed by atoms with Crippen molar-refractivity contribution in [1.29, 1.82) is 0 Å². The fraction of sp³-hybridized carbons (Fsp3) is 0.636. The second kappa shape index (κ2) is 8.03. The number of hydrogen-bond acceptors (Lipinski definition) is 2. The third kappa shape index (κ3) is 6.71. The number of carbonyl (C=O) groups is 2. The molecule has 0 aromatic rings. The third-order valence-electron chi connectivity index (χ3n) is 1.98. The van der Waals surface area contributed by atoms with E-state index in [9.17, 15) is 9.59 Å². The molecule has 1 amide bonds. The van der Waals surface area contributed by atoms with Crippen LogP contribution in [-0.2, 0) is 9.59 Å². The number of nitrogens with one attached hydrogen (secondary N) is 1. The summed E-state index contributed by atoms with van der Waals surface area (Å²) in [6.45, 7) is 4.39. The van der Waals surface area contributed by atoms with Crippen molar-refractivity contribution in [1.82, 2.24) is 5.32 Å². The lowest BCUT2D eigenvalue weighted by atomic mass is 10.1. The van der Waals surface area contributed by atoms with Gasteiger partial charge in [-0.15, -0.1) is 0 Å². The van der Waals surface area contributed by atoms with E-state index >= 15 is 0 Å². The van der Waals surface area contributed by atoms with Gasteiger partial charge in [0.2, 0.25) is 5.91 Å². The molecule has 2 N–H and O–H groups in total. The van der Waals surface area contributed by atoms with Crippen molar-refractivity contribution < 1.29 is 14.7 Å². The Bertz CT molecular complexity index is 246. The Balaban J connectivity index is 4.31. The van der Waals surface area contributed by atoms with Crippen molar-refractivity contribution in [2.24, 2.45) is 0 Å². The molecule has 4 heteroatoms. The second-order valence-electron chi connectivity index (χ2n) is 3.32. The number of carboxylic acids is 1. The van der Waals surface area contributed by atoms with E-state index in [0.717, 1.165) is 25.3 Å². The number of hydrogen-bond donors (Lipinski definition) is 2. The maximum absolute atomic E-state index is 11.4. The summed E-state index contributed by atoms with van der Waals surface area (Å²) >= 11 is 0. The first kappa shape index (κ1) is 13.7. The first-order valence-electron chi connectivity index (χ1n) is 5.33. The average molecular weight is 213 g/mol. The Morgan fingerprint density at radius 3 is 2.40 bits per heavy atom. The third-order valence-corrected chi connectivity index (χ3v) is 1.98. The van der Waals surface area contributed by atoms with E-state index in [4.69, 9.17) is 5.11 Å². The van der Waals surface area contributed by atoms with Crippen LogP contribution in [0.2, 0.25) is 0 Å². The minimum Gasteiger partial charge on any atom is -0.478 e. The summed E-state index contributed by atoms with van der Waals surface area (Å²) < 4.78 is 0. The highest BCUT2D eigenvalue weighted by Gasteiger charge is 2.09. The zero-order valence-electron chi connectivity index (χ0n) is 9.38. The van der Waals surface area contributed by atoms with Gasteiger partial charge in [0, 0.05) is 18.2 Å². The molecule has 0 radical (unpaired) electrons. The van der Waals surface area contributed by atoms with Crippen LogP contribution in [0.15, 0.2) is 11.6 Å². The predicted molar refractivity (Wildman–Crippen MR) is 58.5 cm³/mol. The summed E-state index contributed by atoms with van der Waals surface area (Å²) in [6, 6.07) is 0. The van der Waals surface area contributed by atoms with Crippen LogP contribution in [0.5, 0.6) is 0 Å². The largest absolute Gasteiger partial charge is 0.478 e. The van der Waals surface area contributed by atoms with Crippen LogP contribution in [0.3, 0.4) is 0 Å². The molecule has 86 valence electrons. The van der Waals surface area contributed by atoms with Gasteiger partial charge in [-0.3, -0.25) is 4.79 Å². The number of unbranched alkanes of at least 4 members (excludes halogenated alkanes) is 2. The van der Waals surface area contributed by atoms with Gasteiger partial charge in [-0.2, -0.15) is 0 Å². The van der Waals surface area contributed by atoms with E-state index in [-0.39, 0.29) is 5.91 Å². The molecule has 15 heavy (non-hydrogen) atoms. The van der Waals surface area contributed by atoms with E-state index in [1.807, 2.05) is 6.92 Å². The molecule has 0 fully saturated rings. The number of amides is 1. The number of rotatable bonds is 7. The number of aliphatic carboxylic acids is 1. The number of likely N-dealkylation sites (N-methyl/N-ethyl adjacent to an activating group) is 1. The molecular weight excluding hydrogens is 194 g/mol. The van der Waals surface area contributed by atoms with Crippen molar-refractivity contribution in [2.45, 2.75) is 39.5 Å². The molecular formula is C11H19NO3. The minimum atomic E-state index is -1.06. The van der Waals surface area contributed by atoms with Gasteiger partial charge in [0.25, 0.3) is 0 Å². The second-order valence-corrected chi connectivity index (χ2v) is 3.32. The average Bonchev–Trinajstić information content (AvgIpc) is 2.16. The molecule has 0 saturated carbocycles. The monoisotopic (exact) mass is 213 g/mol. The fourth-order valence-corrected chi connectivity index (χ4v) is 1.24. The molecule has 0 aliphatic heterocycles. The lowest BCUT2D eigenvalue weighted by Gasteiger charge is -2.06. The predicted octanol–water partition coefficient (Wildman–Crippen LogP) is 1.71. The highest BCUT2D eigenvalue weighted by Crippen LogP contribution is 2.09. The summed E-state index contributed by atoms with van der Waals surface area (Å²) in [7, 11) is 0. The Kier molecular flexibility index (Phi) is 7.32. The van der Waals surface area contributed by atoms with Crippen molar-refractivity contribution in [2.75, 3.05) is 6.54 Å². The molecule has 0 unspecified atom stereocenters. The SMILES string of the molecule is CCCCC/C(=C\C(=O)O)C(=O)NCC. The molecule has 0 aromatic carbocycles. The van der Waals surface area contributed by atoms with Gasteiger partial charge in [-0.05, 0) is 19.8 Å². The van der Waals surface area contributed by atoms with E-state index < -0.39 is 5.97 Å². The highest BCUT2D eigenvalue weighted by atomic mass is 16.4. The van der Waals surface area contributed by atoms with Crippen LogP contribution in [0.25, 0.3) is 0 Å². The Hall–Kier alpha value is -1.32. The van der Waals surface area contributed by atoms with Crippen LogP contribution in [0, 0.1) is 0 Å². The van der Waals surface area contributed by atoms with Crippen molar-refractivity contribution >= 4 is 11.9 Å². The molecule has 0 aliphatic rings. The van der Waals surface area contributed by atoms with E-state index in [1.54, 1.807) is 0 Å². The number of carbonyl (C=O) groups excluding carboxylic acids is 1. The Labute approximate surface area is 90.4 Å². The summed E-state index contributed by atoms with van der Waals surface area (Å²) in [6.07, 6.45) is 4.45. The maximum atomic E-state index is 11.4. The van der Waals surface area contributed by atoms with Crippen LogP contribution in [0.1, 0.15) is 39.5 Å². The molecule has 0 heterocycles. The van der Waals surface area contributed by atoms with Gasteiger partial charge in [0.05, 0.1) is 0 Å². The summed E-state index contributed by atoms with van der Waals surface area (Å²) in [5.74, 6) is -1.33. The van der Waals surface area contributed by atoms with Gasteiger partial charge in [-0.25, -0.2) is 4.79 Å². The quantitative estimate of drug-likeness (QED) is 0.500. The van der Waals surface area contributed by atoms with Crippen molar-refractivity contribution in [3.8, 4) is 0 Å². The molecule has 0 saturated heterocycles. The topological polar surface area (TPSA) is 66.4 Å². The number of carboxylic acid groups (broad SMARTS) is 1. The van der Waals surface area contributed by atoms with Gasteiger partial charge in [-0.1, -0.05) is 19.8 Å².